The first-order chi connectivity index (χ1) is 9.97. The Morgan fingerprint density at radius 3 is 2.67 bits per heavy atom. The maximum absolute atomic E-state index is 8.84. The van der Waals surface area contributed by atoms with Gasteiger partial charge in [0.1, 0.15) is 17.5 Å². The van der Waals surface area contributed by atoms with Gasteiger partial charge in [-0.05, 0) is 47.1 Å². The predicted molar refractivity (Wildman–Crippen MR) is 82.8 cm³/mol. The number of piperidine rings is 1. The third-order valence-corrected chi connectivity index (χ3v) is 4.38. The van der Waals surface area contributed by atoms with Gasteiger partial charge in [0, 0.05) is 12.1 Å². The molecule has 0 atom stereocenters. The minimum absolute atomic E-state index is 0.0958. The van der Waals surface area contributed by atoms with Crippen LogP contribution in [0.4, 0.5) is 11.8 Å². The van der Waals surface area contributed by atoms with E-state index in [0.717, 1.165) is 32.5 Å². The Bertz CT molecular complexity index is 527. The summed E-state index contributed by atoms with van der Waals surface area (Å²) in [6.45, 7) is 2.92. The Kier molecular flexibility index (Phi) is 4.60. The number of nitrogens with one attached hydrogen (secondary N) is 1. The van der Waals surface area contributed by atoms with Crippen LogP contribution in [0.1, 0.15) is 18.4 Å². The van der Waals surface area contributed by atoms with Gasteiger partial charge in [-0.2, -0.15) is 10.2 Å². The summed E-state index contributed by atoms with van der Waals surface area (Å²) in [7, 11) is 6.37. The molecule has 1 saturated heterocycles. The molecule has 2 rings (SSSR count). The standard InChI is InChI=1S/C14H23N7/c1-20(2)14(4-6-21(3)7-5-14)10-18-13-17-9-11(8-15)12(16)19-13/h9H,4-7,10H2,1-3H3,(H3,16,17,18,19). The van der Waals surface area contributed by atoms with Gasteiger partial charge in [-0.3, -0.25) is 0 Å². The Labute approximate surface area is 125 Å². The van der Waals surface area contributed by atoms with E-state index in [9.17, 15) is 0 Å². The van der Waals surface area contributed by atoms with E-state index >= 15 is 0 Å². The van der Waals surface area contributed by atoms with E-state index in [0.29, 0.717) is 11.5 Å². The second-order valence-corrected chi connectivity index (χ2v) is 5.88. The molecule has 1 aliphatic heterocycles. The average Bonchev–Trinajstić information content (AvgIpc) is 2.47. The van der Waals surface area contributed by atoms with Crippen LogP contribution in [0.25, 0.3) is 0 Å². The lowest BCUT2D eigenvalue weighted by molar-refractivity contribution is 0.0772. The summed E-state index contributed by atoms with van der Waals surface area (Å²) in [5.41, 5.74) is 6.12. The lowest BCUT2D eigenvalue weighted by Crippen LogP contribution is -2.55. The molecule has 0 saturated carbocycles. The number of aromatic nitrogens is 2. The summed E-state index contributed by atoms with van der Waals surface area (Å²) in [6.07, 6.45) is 3.65. The van der Waals surface area contributed by atoms with Crippen LogP contribution in [0.15, 0.2) is 6.20 Å². The number of anilines is 2. The van der Waals surface area contributed by atoms with Crippen LogP contribution in [0.5, 0.6) is 0 Å². The van der Waals surface area contributed by atoms with Crippen LogP contribution in [-0.2, 0) is 0 Å². The Balaban J connectivity index is 2.06. The molecule has 2 heterocycles. The topological polar surface area (TPSA) is 94.1 Å². The van der Waals surface area contributed by atoms with Crippen molar-refractivity contribution in [1.82, 2.24) is 19.8 Å². The van der Waals surface area contributed by atoms with Gasteiger partial charge < -0.3 is 20.9 Å². The molecule has 114 valence electrons. The molecular formula is C14H23N7. The summed E-state index contributed by atoms with van der Waals surface area (Å²) in [5.74, 6) is 0.698. The maximum atomic E-state index is 8.84. The van der Waals surface area contributed by atoms with E-state index in [2.05, 4.69) is 46.2 Å². The lowest BCUT2D eigenvalue weighted by atomic mass is 9.86. The Morgan fingerprint density at radius 2 is 2.14 bits per heavy atom. The summed E-state index contributed by atoms with van der Waals surface area (Å²) in [4.78, 5) is 12.9. The summed E-state index contributed by atoms with van der Waals surface area (Å²) in [6, 6.07) is 1.97. The fraction of sp³-hybridized carbons (Fsp3) is 0.643. The Hall–Kier alpha value is -1.91. The molecule has 0 aliphatic carbocycles. The minimum Gasteiger partial charge on any atom is -0.382 e. The molecule has 21 heavy (non-hydrogen) atoms. The van der Waals surface area contributed by atoms with E-state index in [1.807, 2.05) is 6.07 Å². The fourth-order valence-electron chi connectivity index (χ4n) is 2.63. The van der Waals surface area contributed by atoms with Gasteiger partial charge in [0.05, 0.1) is 6.20 Å². The Morgan fingerprint density at radius 1 is 1.48 bits per heavy atom. The summed E-state index contributed by atoms with van der Waals surface area (Å²) >= 11 is 0. The van der Waals surface area contributed by atoms with Crippen molar-refractivity contribution in [2.75, 3.05) is 51.8 Å². The zero-order valence-corrected chi connectivity index (χ0v) is 12.9. The van der Waals surface area contributed by atoms with E-state index in [1.54, 1.807) is 0 Å². The highest BCUT2D eigenvalue weighted by atomic mass is 15.2. The number of likely N-dealkylation sites (N-methyl/N-ethyl adjacent to an activating group) is 1. The first-order valence-corrected chi connectivity index (χ1v) is 7.09. The predicted octanol–water partition coefficient (Wildman–Crippen LogP) is 0.368. The van der Waals surface area contributed by atoms with E-state index < -0.39 is 0 Å². The van der Waals surface area contributed by atoms with Gasteiger partial charge in [-0.25, -0.2) is 4.98 Å². The highest BCUT2D eigenvalue weighted by Gasteiger charge is 2.35. The van der Waals surface area contributed by atoms with Gasteiger partial charge in [0.25, 0.3) is 0 Å². The van der Waals surface area contributed by atoms with Gasteiger partial charge in [-0.15, -0.1) is 0 Å². The maximum Gasteiger partial charge on any atom is 0.224 e. The molecule has 7 nitrogen and oxygen atoms in total. The number of likely N-dealkylation sites (tertiary alicyclic amines) is 1. The molecule has 0 bridgehead atoms. The monoisotopic (exact) mass is 289 g/mol. The molecule has 0 aromatic carbocycles. The zero-order chi connectivity index (χ0) is 15.5. The smallest absolute Gasteiger partial charge is 0.224 e. The number of nitrogen functional groups attached to an aromatic ring is 1. The van der Waals surface area contributed by atoms with Crippen molar-refractivity contribution in [1.29, 1.82) is 5.26 Å². The molecule has 1 fully saturated rings. The highest BCUT2D eigenvalue weighted by Crippen LogP contribution is 2.26. The number of nitrogens with zero attached hydrogens (tertiary/aromatic N) is 5. The van der Waals surface area contributed by atoms with E-state index in [1.165, 1.54) is 6.20 Å². The second-order valence-electron chi connectivity index (χ2n) is 5.88. The number of rotatable bonds is 4. The normalized spacial score (nSPS) is 18.4. The molecule has 0 amide bonds. The van der Waals surface area contributed by atoms with Gasteiger partial charge in [0.15, 0.2) is 0 Å². The van der Waals surface area contributed by atoms with Crippen LogP contribution in [0.2, 0.25) is 0 Å². The number of hydrogen-bond donors (Lipinski definition) is 2. The summed E-state index contributed by atoms with van der Waals surface area (Å²) < 4.78 is 0. The van der Waals surface area contributed by atoms with Crippen molar-refractivity contribution in [3.8, 4) is 6.07 Å². The van der Waals surface area contributed by atoms with Crippen molar-refractivity contribution in [3.63, 3.8) is 0 Å². The van der Waals surface area contributed by atoms with Crippen LogP contribution < -0.4 is 11.1 Å². The fourth-order valence-corrected chi connectivity index (χ4v) is 2.63. The third kappa shape index (κ3) is 3.40. The molecule has 1 aromatic rings. The molecular weight excluding hydrogens is 266 g/mol. The zero-order valence-electron chi connectivity index (χ0n) is 12.9. The number of nitrogens with two attached hydrogens (primary N) is 1. The van der Waals surface area contributed by atoms with Gasteiger partial charge >= 0.3 is 0 Å². The van der Waals surface area contributed by atoms with Crippen molar-refractivity contribution in [2.45, 2.75) is 18.4 Å². The summed E-state index contributed by atoms with van der Waals surface area (Å²) in [5, 5.41) is 12.1. The van der Waals surface area contributed by atoms with Crippen LogP contribution in [0.3, 0.4) is 0 Å². The van der Waals surface area contributed by atoms with E-state index in [4.69, 9.17) is 11.0 Å². The van der Waals surface area contributed by atoms with Gasteiger partial charge in [-0.1, -0.05) is 0 Å². The molecule has 1 aromatic heterocycles. The quantitative estimate of drug-likeness (QED) is 0.827. The second kappa shape index (κ2) is 6.24. The molecule has 1 aliphatic rings. The lowest BCUT2D eigenvalue weighted by Gasteiger charge is -2.45. The molecule has 0 unspecified atom stereocenters. The van der Waals surface area contributed by atoms with Crippen LogP contribution in [0, 0.1) is 11.3 Å². The SMILES string of the molecule is CN1CCC(CNc2ncc(C#N)c(N)n2)(N(C)C)CC1. The molecule has 7 heteroatoms. The average molecular weight is 289 g/mol. The number of hydrogen-bond acceptors (Lipinski definition) is 7. The van der Waals surface area contributed by atoms with Crippen molar-refractivity contribution in [3.05, 3.63) is 11.8 Å². The van der Waals surface area contributed by atoms with Crippen molar-refractivity contribution in [2.24, 2.45) is 0 Å². The minimum atomic E-state index is 0.0958. The molecule has 0 radical (unpaired) electrons. The van der Waals surface area contributed by atoms with Crippen LogP contribution in [-0.4, -0.2) is 66.1 Å². The first kappa shape index (κ1) is 15.5. The highest BCUT2D eigenvalue weighted by molar-refractivity contribution is 5.49. The van der Waals surface area contributed by atoms with Gasteiger partial charge in [0.2, 0.25) is 5.95 Å². The third-order valence-electron chi connectivity index (χ3n) is 4.38. The van der Waals surface area contributed by atoms with Crippen molar-refractivity contribution < 1.29 is 0 Å². The van der Waals surface area contributed by atoms with Crippen LogP contribution >= 0.6 is 0 Å². The molecule has 3 N–H and O–H groups in total. The van der Waals surface area contributed by atoms with E-state index in [-0.39, 0.29) is 11.4 Å². The largest absolute Gasteiger partial charge is 0.382 e. The first-order valence-electron chi connectivity index (χ1n) is 7.09. The number of nitriles is 1. The van der Waals surface area contributed by atoms with Crippen molar-refractivity contribution >= 4 is 11.8 Å². The molecule has 0 spiro atoms.